The summed E-state index contributed by atoms with van der Waals surface area (Å²) in [6.07, 6.45) is -9.37. The average Bonchev–Trinajstić information content (AvgIpc) is 2.83. The van der Waals surface area contributed by atoms with Gasteiger partial charge in [-0.15, -0.1) is 0 Å². The molecule has 14 heteroatoms. The highest BCUT2D eigenvalue weighted by atomic mass is 32.2. The van der Waals surface area contributed by atoms with Gasteiger partial charge in [0, 0.05) is 0 Å². The summed E-state index contributed by atoms with van der Waals surface area (Å²) in [7, 11) is -8.97. The summed E-state index contributed by atoms with van der Waals surface area (Å²) >= 11 is 0. The first kappa shape index (κ1) is 27.3. The van der Waals surface area contributed by atoms with Crippen molar-refractivity contribution in [3.63, 3.8) is 0 Å². The lowest BCUT2D eigenvalue weighted by molar-refractivity contribution is -0.138. The van der Waals surface area contributed by atoms with E-state index >= 15 is 0 Å². The van der Waals surface area contributed by atoms with Crippen LogP contribution >= 0.6 is 0 Å². The first-order chi connectivity index (χ1) is 17.6. The van der Waals surface area contributed by atoms with E-state index in [2.05, 4.69) is 9.44 Å². The number of benzene rings is 4. The molecule has 0 aliphatic carbocycles. The van der Waals surface area contributed by atoms with E-state index in [1.807, 2.05) is 0 Å². The largest absolute Gasteiger partial charge is 0.416 e. The van der Waals surface area contributed by atoms with Crippen LogP contribution in [-0.2, 0) is 32.4 Å². The maximum Gasteiger partial charge on any atom is 0.416 e. The normalized spacial score (nSPS) is 12.9. The Morgan fingerprint density at radius 2 is 0.816 bits per heavy atom. The van der Waals surface area contributed by atoms with Gasteiger partial charge in [0.1, 0.15) is 0 Å². The van der Waals surface area contributed by atoms with Crippen LogP contribution in [0.3, 0.4) is 0 Å². The van der Waals surface area contributed by atoms with E-state index in [0.717, 1.165) is 24.3 Å². The van der Waals surface area contributed by atoms with E-state index in [-0.39, 0.29) is 11.4 Å². The molecular formula is C24H16F6N2O4S2. The van der Waals surface area contributed by atoms with Crippen molar-refractivity contribution in [3.8, 4) is 0 Å². The Bertz CT molecular complexity index is 1570. The van der Waals surface area contributed by atoms with Gasteiger partial charge in [0.2, 0.25) is 0 Å². The second-order valence-electron chi connectivity index (χ2n) is 8.00. The van der Waals surface area contributed by atoms with Crippen LogP contribution in [-0.4, -0.2) is 16.8 Å². The van der Waals surface area contributed by atoms with Gasteiger partial charge in [-0.25, -0.2) is 16.8 Å². The summed E-state index contributed by atoms with van der Waals surface area (Å²) in [5.41, 5.74) is -2.66. The Hall–Kier alpha value is -3.78. The molecule has 0 heterocycles. The van der Waals surface area contributed by atoms with E-state index in [9.17, 15) is 43.2 Å². The second kappa shape index (κ2) is 9.51. The van der Waals surface area contributed by atoms with Gasteiger partial charge < -0.3 is 0 Å². The molecule has 0 aliphatic rings. The quantitative estimate of drug-likeness (QED) is 0.258. The second-order valence-corrected chi connectivity index (χ2v) is 11.4. The molecule has 0 fully saturated rings. The zero-order valence-corrected chi connectivity index (χ0v) is 20.4. The lowest BCUT2D eigenvalue weighted by Crippen LogP contribution is -2.18. The molecule has 2 N–H and O–H groups in total. The van der Waals surface area contributed by atoms with Crippen LogP contribution in [0.1, 0.15) is 11.1 Å². The molecule has 0 radical (unpaired) electrons. The third-order valence-electron chi connectivity index (χ3n) is 5.36. The van der Waals surface area contributed by atoms with E-state index in [4.69, 9.17) is 0 Å². The van der Waals surface area contributed by atoms with Gasteiger partial charge in [0.25, 0.3) is 20.0 Å². The lowest BCUT2D eigenvalue weighted by Gasteiger charge is -2.17. The smallest absolute Gasteiger partial charge is 0.277 e. The molecule has 0 aromatic heterocycles. The van der Waals surface area contributed by atoms with E-state index < -0.39 is 53.3 Å². The number of nitrogens with one attached hydrogen (secondary N) is 2. The van der Waals surface area contributed by atoms with Gasteiger partial charge in [-0.1, -0.05) is 24.3 Å². The molecule has 200 valence electrons. The molecule has 6 nitrogen and oxygen atoms in total. The molecule has 0 unspecified atom stereocenters. The maximum atomic E-state index is 12.9. The van der Waals surface area contributed by atoms with Crippen molar-refractivity contribution in [2.75, 3.05) is 9.44 Å². The van der Waals surface area contributed by atoms with Crippen LogP contribution in [0.2, 0.25) is 0 Å². The number of anilines is 2. The molecule has 0 saturated carbocycles. The van der Waals surface area contributed by atoms with Crippen molar-refractivity contribution < 1.29 is 43.2 Å². The summed E-state index contributed by atoms with van der Waals surface area (Å²) in [6.45, 7) is 0. The number of rotatable bonds is 6. The molecular weight excluding hydrogens is 558 g/mol. The van der Waals surface area contributed by atoms with Gasteiger partial charge in [0.05, 0.1) is 32.3 Å². The molecule has 0 saturated heterocycles. The Morgan fingerprint density at radius 3 is 1.11 bits per heavy atom. The minimum Gasteiger partial charge on any atom is -0.277 e. The van der Waals surface area contributed by atoms with E-state index in [1.165, 1.54) is 12.1 Å². The van der Waals surface area contributed by atoms with Crippen molar-refractivity contribution in [2.45, 2.75) is 22.1 Å². The van der Waals surface area contributed by atoms with Crippen LogP contribution in [0.5, 0.6) is 0 Å². The van der Waals surface area contributed by atoms with Crippen LogP contribution in [0.15, 0.2) is 94.7 Å². The standard InChI is InChI=1S/C24H16F6N2O4S2/c25-23(26,27)17-5-9-19(10-6-17)37(33,34)31-21-13-15-3-1-2-4-16(15)14-22(21)32-38(35,36)20-11-7-18(8-12-20)24(28,29)30/h1-14,31-32H. The fourth-order valence-corrected chi connectivity index (χ4v) is 5.60. The molecule has 4 rings (SSSR count). The third-order valence-corrected chi connectivity index (χ3v) is 8.12. The minimum absolute atomic E-state index is 0.265. The number of alkyl halides is 6. The molecule has 0 aliphatic heterocycles. The van der Waals surface area contributed by atoms with Crippen molar-refractivity contribution in [1.29, 1.82) is 0 Å². The fourth-order valence-electron chi connectivity index (χ4n) is 3.46. The first-order valence-corrected chi connectivity index (χ1v) is 13.5. The third kappa shape index (κ3) is 5.86. The van der Waals surface area contributed by atoms with Gasteiger partial charge in [-0.3, -0.25) is 9.44 Å². The molecule has 4 aromatic carbocycles. The summed E-state index contributed by atoms with van der Waals surface area (Å²) in [6, 6.07) is 14.5. The SMILES string of the molecule is O=S(=O)(Nc1cc2ccccc2cc1NS(=O)(=O)c1ccc(C(F)(F)F)cc1)c1ccc(C(F)(F)F)cc1. The number of halogens is 6. The van der Waals surface area contributed by atoms with Crippen LogP contribution in [0.4, 0.5) is 37.7 Å². The van der Waals surface area contributed by atoms with Crippen LogP contribution in [0, 0.1) is 0 Å². The van der Waals surface area contributed by atoms with E-state index in [1.54, 1.807) is 24.3 Å². The molecule has 0 bridgehead atoms. The van der Waals surface area contributed by atoms with E-state index in [0.29, 0.717) is 35.0 Å². The Labute approximate surface area is 213 Å². The highest BCUT2D eigenvalue weighted by Gasteiger charge is 2.32. The van der Waals surface area contributed by atoms with Gasteiger partial charge >= 0.3 is 12.4 Å². The van der Waals surface area contributed by atoms with Crippen molar-refractivity contribution in [3.05, 3.63) is 96.1 Å². The van der Waals surface area contributed by atoms with Crippen LogP contribution < -0.4 is 9.44 Å². The van der Waals surface area contributed by atoms with Gasteiger partial charge in [-0.2, -0.15) is 26.3 Å². The van der Waals surface area contributed by atoms with Crippen LogP contribution in [0.25, 0.3) is 10.8 Å². The van der Waals surface area contributed by atoms with Gasteiger partial charge in [0.15, 0.2) is 0 Å². The highest BCUT2D eigenvalue weighted by Crippen LogP contribution is 2.34. The van der Waals surface area contributed by atoms with Gasteiger partial charge in [-0.05, 0) is 71.4 Å². The highest BCUT2D eigenvalue weighted by molar-refractivity contribution is 7.93. The summed E-state index contributed by atoms with van der Waals surface area (Å²) in [5, 5.41) is 0.991. The number of sulfonamides is 2. The lowest BCUT2D eigenvalue weighted by atomic mass is 10.1. The van der Waals surface area contributed by atoms with Crippen molar-refractivity contribution in [2.24, 2.45) is 0 Å². The summed E-state index contributed by atoms with van der Waals surface area (Å²) < 4.78 is 133. The Balaban J connectivity index is 1.73. The zero-order chi connectivity index (χ0) is 27.9. The fraction of sp³-hybridized carbons (Fsp3) is 0.0833. The monoisotopic (exact) mass is 574 g/mol. The van der Waals surface area contributed by atoms with Crippen molar-refractivity contribution in [1.82, 2.24) is 0 Å². The average molecular weight is 575 g/mol. The first-order valence-electron chi connectivity index (χ1n) is 10.5. The molecule has 0 spiro atoms. The Morgan fingerprint density at radius 1 is 0.500 bits per heavy atom. The zero-order valence-electron chi connectivity index (χ0n) is 18.8. The molecule has 0 atom stereocenters. The molecule has 4 aromatic rings. The van der Waals surface area contributed by atoms with Crippen molar-refractivity contribution >= 4 is 42.2 Å². The predicted molar refractivity (Wildman–Crippen MR) is 128 cm³/mol. The number of hydrogen-bond acceptors (Lipinski definition) is 4. The summed E-state index contributed by atoms with van der Waals surface area (Å²) in [5.74, 6) is 0. The maximum absolute atomic E-state index is 12.9. The number of fused-ring (bicyclic) bond motifs is 1. The molecule has 38 heavy (non-hydrogen) atoms. The topological polar surface area (TPSA) is 92.3 Å². The summed E-state index contributed by atoms with van der Waals surface area (Å²) in [4.78, 5) is -1.04. The number of hydrogen-bond donors (Lipinski definition) is 2. The predicted octanol–water partition coefficient (Wildman–Crippen LogP) is 6.48. The molecule has 0 amide bonds. The Kier molecular flexibility index (Phi) is 6.82. The minimum atomic E-state index is -4.68.